The van der Waals surface area contributed by atoms with Crippen LogP contribution in [0.5, 0.6) is 5.88 Å². The number of hydrogen-bond donors (Lipinski definition) is 1. The third-order valence-electron chi connectivity index (χ3n) is 1.58. The number of nitriles is 1. The lowest BCUT2D eigenvalue weighted by Gasteiger charge is -2.06. The van der Waals surface area contributed by atoms with Crippen LogP contribution in [0.15, 0.2) is 10.9 Å². The third-order valence-corrected chi connectivity index (χ3v) is 1.58. The van der Waals surface area contributed by atoms with Gasteiger partial charge >= 0.3 is 0 Å². The quantitative estimate of drug-likeness (QED) is 0.779. The topological polar surface area (TPSA) is 65.9 Å². The molecule has 1 heterocycles. The Balaban J connectivity index is 3.45. The highest BCUT2D eigenvalue weighted by Crippen LogP contribution is 2.23. The van der Waals surface area contributed by atoms with Crippen molar-refractivity contribution in [2.24, 2.45) is 0 Å². The van der Waals surface area contributed by atoms with E-state index in [0.29, 0.717) is 0 Å². The van der Waals surface area contributed by atoms with E-state index in [1.807, 2.05) is 0 Å². The Kier molecular flexibility index (Phi) is 2.82. The molecule has 1 N–H and O–H groups in total. The minimum Gasteiger partial charge on any atom is -0.482 e. The molecular formula is C8H6F2N2O2. The summed E-state index contributed by atoms with van der Waals surface area (Å²) in [6.45, 7) is 0. The van der Waals surface area contributed by atoms with Crippen LogP contribution in [0, 0.1) is 11.3 Å². The lowest BCUT2D eigenvalue weighted by molar-refractivity contribution is 0.144. The fourth-order valence-electron chi connectivity index (χ4n) is 0.974. The summed E-state index contributed by atoms with van der Waals surface area (Å²) in [6, 6.07) is 2.44. The Bertz CT molecular complexity index is 434. The molecule has 0 unspecified atom stereocenters. The highest BCUT2D eigenvalue weighted by atomic mass is 19.3. The van der Waals surface area contributed by atoms with Crippen LogP contribution in [0.25, 0.3) is 0 Å². The molecule has 0 radical (unpaired) electrons. The van der Waals surface area contributed by atoms with Gasteiger partial charge < -0.3 is 9.72 Å². The molecule has 0 aliphatic carbocycles. The standard InChI is InChI=1S/C8H6F2N2O2/c1-14-8-6(7(9)10)5(13)2-4(3-11)12-8/h2,7H,1H3,(H,12,13). The fraction of sp³-hybridized carbons (Fsp3) is 0.250. The number of aromatic amines is 1. The number of ether oxygens (including phenoxy) is 1. The number of methoxy groups -OCH3 is 1. The van der Waals surface area contributed by atoms with Gasteiger partial charge in [-0.15, -0.1) is 0 Å². The first-order valence-corrected chi connectivity index (χ1v) is 3.59. The van der Waals surface area contributed by atoms with Crippen molar-refractivity contribution in [2.45, 2.75) is 6.43 Å². The Hall–Kier alpha value is -1.90. The van der Waals surface area contributed by atoms with Gasteiger partial charge in [0.1, 0.15) is 17.3 Å². The summed E-state index contributed by atoms with van der Waals surface area (Å²) in [7, 11) is 1.14. The molecule has 14 heavy (non-hydrogen) atoms. The molecule has 0 saturated heterocycles. The van der Waals surface area contributed by atoms with Gasteiger partial charge in [-0.25, -0.2) is 8.78 Å². The zero-order chi connectivity index (χ0) is 10.7. The van der Waals surface area contributed by atoms with E-state index in [0.717, 1.165) is 13.2 Å². The van der Waals surface area contributed by atoms with E-state index >= 15 is 0 Å². The van der Waals surface area contributed by atoms with E-state index in [1.165, 1.54) is 0 Å². The van der Waals surface area contributed by atoms with Crippen LogP contribution in [0.1, 0.15) is 17.7 Å². The van der Waals surface area contributed by atoms with Crippen LogP contribution in [-0.2, 0) is 0 Å². The minimum atomic E-state index is -2.93. The molecule has 0 aliphatic rings. The molecule has 0 bridgehead atoms. The van der Waals surface area contributed by atoms with Crippen molar-refractivity contribution in [1.29, 1.82) is 5.26 Å². The minimum absolute atomic E-state index is 0.115. The molecule has 6 heteroatoms. The number of H-pyrrole nitrogens is 1. The lowest BCUT2D eigenvalue weighted by Crippen LogP contribution is -2.13. The van der Waals surface area contributed by atoms with Crippen LogP contribution in [0.2, 0.25) is 0 Å². The number of halogens is 2. The summed E-state index contributed by atoms with van der Waals surface area (Å²) in [5.74, 6) is -0.371. The van der Waals surface area contributed by atoms with E-state index in [9.17, 15) is 13.6 Å². The predicted molar refractivity (Wildman–Crippen MR) is 43.3 cm³/mol. The molecule has 1 rings (SSSR count). The second-order valence-electron chi connectivity index (χ2n) is 2.41. The van der Waals surface area contributed by atoms with Gasteiger partial charge in [-0.3, -0.25) is 4.79 Å². The number of alkyl halides is 2. The Morgan fingerprint density at radius 3 is 2.71 bits per heavy atom. The highest BCUT2D eigenvalue weighted by Gasteiger charge is 2.19. The molecular weight excluding hydrogens is 194 g/mol. The van der Waals surface area contributed by atoms with Crippen molar-refractivity contribution in [3.63, 3.8) is 0 Å². The van der Waals surface area contributed by atoms with Crippen LogP contribution in [-0.4, -0.2) is 12.1 Å². The number of rotatable bonds is 2. The smallest absolute Gasteiger partial charge is 0.272 e. The average Bonchev–Trinajstić information content (AvgIpc) is 2.15. The van der Waals surface area contributed by atoms with Gasteiger partial charge in [-0.2, -0.15) is 5.26 Å². The highest BCUT2D eigenvalue weighted by molar-refractivity contribution is 5.33. The van der Waals surface area contributed by atoms with Crippen molar-refractivity contribution >= 4 is 0 Å². The van der Waals surface area contributed by atoms with Gasteiger partial charge in [0.25, 0.3) is 6.43 Å². The molecule has 0 saturated carbocycles. The van der Waals surface area contributed by atoms with Crippen molar-refractivity contribution in [3.05, 3.63) is 27.5 Å². The molecule has 0 spiro atoms. The molecule has 0 amide bonds. The van der Waals surface area contributed by atoms with Crippen molar-refractivity contribution in [2.75, 3.05) is 7.11 Å². The number of hydrogen-bond acceptors (Lipinski definition) is 3. The first-order valence-electron chi connectivity index (χ1n) is 3.59. The SMILES string of the molecule is COc1[nH]c(C#N)cc(=O)c1C(F)F. The van der Waals surface area contributed by atoms with E-state index in [1.54, 1.807) is 6.07 Å². The predicted octanol–water partition coefficient (Wildman–Crippen LogP) is 1.19. The molecule has 0 atom stereocenters. The van der Waals surface area contributed by atoms with Gasteiger partial charge in [0.05, 0.1) is 7.11 Å². The maximum absolute atomic E-state index is 12.3. The van der Waals surface area contributed by atoms with E-state index in [4.69, 9.17) is 5.26 Å². The van der Waals surface area contributed by atoms with E-state index in [-0.39, 0.29) is 11.6 Å². The molecule has 74 valence electrons. The zero-order valence-electron chi connectivity index (χ0n) is 7.17. The zero-order valence-corrected chi connectivity index (χ0v) is 7.17. The summed E-state index contributed by atoms with van der Waals surface area (Å²) in [5, 5.41) is 8.45. The van der Waals surface area contributed by atoms with Gasteiger partial charge in [0, 0.05) is 6.07 Å². The summed E-state index contributed by atoms with van der Waals surface area (Å²) < 4.78 is 29.2. The largest absolute Gasteiger partial charge is 0.482 e. The maximum atomic E-state index is 12.3. The van der Waals surface area contributed by atoms with Crippen LogP contribution in [0.4, 0.5) is 8.78 Å². The summed E-state index contributed by atoms with van der Waals surface area (Å²) in [6.07, 6.45) is -2.93. The Labute approximate surface area is 77.7 Å². The molecule has 4 nitrogen and oxygen atoms in total. The summed E-state index contributed by atoms with van der Waals surface area (Å²) in [5.41, 5.74) is -1.78. The van der Waals surface area contributed by atoms with Crippen LogP contribution < -0.4 is 10.2 Å². The first-order chi connectivity index (χ1) is 6.60. The number of pyridine rings is 1. The monoisotopic (exact) mass is 200 g/mol. The number of aromatic nitrogens is 1. The second kappa shape index (κ2) is 3.87. The molecule has 0 aromatic carbocycles. The number of nitrogens with one attached hydrogen (secondary N) is 1. The van der Waals surface area contributed by atoms with Gasteiger partial charge in [0.15, 0.2) is 5.43 Å². The molecule has 0 fully saturated rings. The third kappa shape index (κ3) is 1.71. The molecule has 1 aromatic rings. The summed E-state index contributed by atoms with van der Waals surface area (Å²) >= 11 is 0. The maximum Gasteiger partial charge on any atom is 0.272 e. The van der Waals surface area contributed by atoms with Crippen molar-refractivity contribution in [1.82, 2.24) is 4.98 Å². The van der Waals surface area contributed by atoms with Gasteiger partial charge in [0.2, 0.25) is 5.88 Å². The van der Waals surface area contributed by atoms with Crippen LogP contribution in [0.3, 0.4) is 0 Å². The average molecular weight is 200 g/mol. The first kappa shape index (κ1) is 10.2. The van der Waals surface area contributed by atoms with Crippen LogP contribution >= 0.6 is 0 Å². The summed E-state index contributed by atoms with van der Waals surface area (Å²) in [4.78, 5) is 13.4. The Morgan fingerprint density at radius 1 is 1.64 bits per heavy atom. The van der Waals surface area contributed by atoms with Gasteiger partial charge in [-0.1, -0.05) is 0 Å². The fourth-order valence-corrected chi connectivity index (χ4v) is 0.974. The molecule has 0 aliphatic heterocycles. The van der Waals surface area contributed by atoms with E-state index in [2.05, 4.69) is 9.72 Å². The van der Waals surface area contributed by atoms with Gasteiger partial charge in [-0.05, 0) is 0 Å². The van der Waals surface area contributed by atoms with Crippen molar-refractivity contribution in [3.8, 4) is 11.9 Å². The number of nitrogens with zero attached hydrogens (tertiary/aromatic N) is 1. The van der Waals surface area contributed by atoms with Crippen molar-refractivity contribution < 1.29 is 13.5 Å². The second-order valence-corrected chi connectivity index (χ2v) is 2.41. The normalized spacial score (nSPS) is 9.93. The Morgan fingerprint density at radius 2 is 2.29 bits per heavy atom. The lowest BCUT2D eigenvalue weighted by atomic mass is 10.2. The molecule has 1 aromatic heterocycles. The van der Waals surface area contributed by atoms with E-state index < -0.39 is 17.4 Å².